The molecule has 1 N–H and O–H groups in total. The van der Waals surface area contributed by atoms with Crippen LogP contribution in [0.5, 0.6) is 0 Å². The third-order valence-corrected chi connectivity index (χ3v) is 9.41. The molecule has 0 bridgehead atoms. The van der Waals surface area contributed by atoms with Gasteiger partial charge in [-0.05, 0) is 101 Å². The van der Waals surface area contributed by atoms with E-state index in [9.17, 15) is 0 Å². The highest BCUT2D eigenvalue weighted by Gasteiger charge is 2.16. The molecule has 6 nitrogen and oxygen atoms in total. The number of hydrogen-bond donors (Lipinski definition) is 1. The third-order valence-electron chi connectivity index (χ3n) is 9.41. The summed E-state index contributed by atoms with van der Waals surface area (Å²) < 4.78 is 0. The fourth-order valence-electron chi connectivity index (χ4n) is 6.78. The molecule has 1 aliphatic heterocycles. The van der Waals surface area contributed by atoms with E-state index in [0.29, 0.717) is 0 Å². The van der Waals surface area contributed by atoms with Crippen LogP contribution in [0.25, 0.3) is 11.4 Å². The van der Waals surface area contributed by atoms with Crippen molar-refractivity contribution in [1.82, 2.24) is 20.3 Å². The van der Waals surface area contributed by atoms with Gasteiger partial charge in [0.2, 0.25) is 0 Å². The molecule has 6 heteroatoms. The topological polar surface area (TPSA) is 75.4 Å². The Labute approximate surface area is 291 Å². The Morgan fingerprint density at radius 1 is 0.562 bits per heavy atom. The molecule has 1 aromatic heterocycles. The molecular formula is C42H62N6. The van der Waals surface area contributed by atoms with Gasteiger partial charge in [0.15, 0.2) is 5.82 Å². The summed E-state index contributed by atoms with van der Waals surface area (Å²) in [4.78, 5) is 23.9. The van der Waals surface area contributed by atoms with E-state index in [-0.39, 0.29) is 6.17 Å². The van der Waals surface area contributed by atoms with Crippen LogP contribution < -0.4 is 5.32 Å². The summed E-state index contributed by atoms with van der Waals surface area (Å²) in [5, 5.41) is 3.42. The highest BCUT2D eigenvalue weighted by Crippen LogP contribution is 2.26. The smallest absolute Gasteiger partial charge is 0.163 e. The van der Waals surface area contributed by atoms with Crippen molar-refractivity contribution in [3.05, 3.63) is 75.9 Å². The van der Waals surface area contributed by atoms with Crippen LogP contribution in [-0.4, -0.2) is 32.8 Å². The van der Waals surface area contributed by atoms with Crippen molar-refractivity contribution in [1.29, 1.82) is 0 Å². The molecule has 260 valence electrons. The summed E-state index contributed by atoms with van der Waals surface area (Å²) in [5.74, 6) is 4.53. The van der Waals surface area contributed by atoms with Crippen LogP contribution in [0.3, 0.4) is 0 Å². The predicted octanol–water partition coefficient (Wildman–Crippen LogP) is 10.5. The minimum absolute atomic E-state index is 0.0304. The van der Waals surface area contributed by atoms with Crippen molar-refractivity contribution < 1.29 is 0 Å². The Morgan fingerprint density at radius 3 is 1.71 bits per heavy atom. The Kier molecular flexibility index (Phi) is 15.7. The molecule has 0 saturated heterocycles. The molecule has 0 spiro atoms. The number of nitrogens with zero attached hydrogens (tertiary/aromatic N) is 5. The fourth-order valence-corrected chi connectivity index (χ4v) is 6.78. The Balaban J connectivity index is 1.33. The van der Waals surface area contributed by atoms with Crippen LogP contribution in [-0.2, 0) is 32.1 Å². The molecular weight excluding hydrogens is 589 g/mol. The van der Waals surface area contributed by atoms with Gasteiger partial charge in [0, 0.05) is 17.5 Å². The fraction of sp³-hybridized carbons (Fsp3) is 0.595. The number of hydrogen-bond acceptors (Lipinski definition) is 6. The van der Waals surface area contributed by atoms with E-state index in [1.54, 1.807) is 0 Å². The molecule has 1 aliphatic rings. The molecule has 4 rings (SSSR count). The number of aliphatic imine (C=N–C) groups is 2. The highest BCUT2D eigenvalue weighted by molar-refractivity contribution is 6.10. The Bertz CT molecular complexity index is 1490. The van der Waals surface area contributed by atoms with Crippen molar-refractivity contribution in [2.24, 2.45) is 9.98 Å². The molecule has 1 atom stereocenters. The average molecular weight is 651 g/mol. The van der Waals surface area contributed by atoms with Gasteiger partial charge in [-0.3, -0.25) is 0 Å². The van der Waals surface area contributed by atoms with Gasteiger partial charge in [0.25, 0.3) is 0 Å². The second-order valence-corrected chi connectivity index (χ2v) is 13.8. The van der Waals surface area contributed by atoms with Crippen molar-refractivity contribution in [3.8, 4) is 11.4 Å². The van der Waals surface area contributed by atoms with E-state index in [1.807, 2.05) is 13.8 Å². The SMILES string of the molecule is CCCCCc1ccc(-c2nc(C)nc(CCCCCCc3ccc(C4=NC(C)N=C(C)N4)c(CCCCC)c3)n2)c(CCCCC)c1. The van der Waals surface area contributed by atoms with E-state index in [0.717, 1.165) is 67.7 Å². The predicted molar refractivity (Wildman–Crippen MR) is 204 cm³/mol. The first-order chi connectivity index (χ1) is 23.4. The van der Waals surface area contributed by atoms with Gasteiger partial charge in [-0.1, -0.05) is 109 Å². The second kappa shape index (κ2) is 20.2. The van der Waals surface area contributed by atoms with E-state index < -0.39 is 0 Å². The number of aryl methyl sites for hydroxylation is 6. The zero-order valence-electron chi connectivity index (χ0n) is 31.0. The van der Waals surface area contributed by atoms with Crippen LogP contribution in [0.4, 0.5) is 0 Å². The third kappa shape index (κ3) is 11.9. The van der Waals surface area contributed by atoms with Gasteiger partial charge in [-0.2, -0.15) is 0 Å². The largest absolute Gasteiger partial charge is 0.329 e. The molecule has 0 aliphatic carbocycles. The van der Waals surface area contributed by atoms with E-state index >= 15 is 0 Å². The second-order valence-electron chi connectivity index (χ2n) is 13.8. The molecule has 2 aromatic carbocycles. The first-order valence-corrected chi connectivity index (χ1v) is 19.2. The molecule has 0 fully saturated rings. The normalized spacial score (nSPS) is 14.5. The summed E-state index contributed by atoms with van der Waals surface area (Å²) >= 11 is 0. The van der Waals surface area contributed by atoms with Crippen LogP contribution in [0.2, 0.25) is 0 Å². The molecule has 0 radical (unpaired) electrons. The summed E-state index contributed by atoms with van der Waals surface area (Å²) in [6.45, 7) is 12.9. The van der Waals surface area contributed by atoms with Crippen LogP contribution in [0, 0.1) is 6.92 Å². The Morgan fingerprint density at radius 2 is 1.10 bits per heavy atom. The molecule has 3 aromatic rings. The molecule has 0 amide bonds. The lowest BCUT2D eigenvalue weighted by Crippen LogP contribution is -2.35. The van der Waals surface area contributed by atoms with Crippen LogP contribution >= 0.6 is 0 Å². The molecule has 1 unspecified atom stereocenters. The molecule has 0 saturated carbocycles. The van der Waals surface area contributed by atoms with Gasteiger partial charge < -0.3 is 5.32 Å². The van der Waals surface area contributed by atoms with Crippen molar-refractivity contribution in [2.75, 3.05) is 0 Å². The maximum absolute atomic E-state index is 5.02. The quantitative estimate of drug-likeness (QED) is 0.116. The number of nitrogens with one attached hydrogen (secondary N) is 1. The van der Waals surface area contributed by atoms with Crippen LogP contribution in [0.1, 0.15) is 158 Å². The van der Waals surface area contributed by atoms with Crippen molar-refractivity contribution in [3.63, 3.8) is 0 Å². The van der Waals surface area contributed by atoms with Crippen molar-refractivity contribution >= 4 is 11.7 Å². The summed E-state index contributed by atoms with van der Waals surface area (Å²) in [6, 6.07) is 14.0. The van der Waals surface area contributed by atoms with Crippen LogP contribution in [0.15, 0.2) is 46.4 Å². The zero-order valence-corrected chi connectivity index (χ0v) is 31.0. The van der Waals surface area contributed by atoms with Gasteiger partial charge in [0.1, 0.15) is 29.5 Å². The first kappa shape index (κ1) is 37.4. The van der Waals surface area contributed by atoms with Gasteiger partial charge in [-0.25, -0.2) is 24.9 Å². The Hall–Kier alpha value is -3.41. The number of rotatable bonds is 21. The van der Waals surface area contributed by atoms with Gasteiger partial charge in [-0.15, -0.1) is 0 Å². The zero-order chi connectivity index (χ0) is 34.1. The summed E-state index contributed by atoms with van der Waals surface area (Å²) in [5.41, 5.74) is 8.12. The number of amidine groups is 2. The van der Waals surface area contributed by atoms with Gasteiger partial charge in [0.05, 0.1) is 0 Å². The molecule has 2 heterocycles. The lowest BCUT2D eigenvalue weighted by Gasteiger charge is -2.20. The lowest BCUT2D eigenvalue weighted by molar-refractivity contribution is 0.627. The first-order valence-electron chi connectivity index (χ1n) is 19.2. The summed E-state index contributed by atoms with van der Waals surface area (Å²) in [7, 11) is 0. The van der Waals surface area contributed by atoms with E-state index in [1.165, 1.54) is 110 Å². The minimum Gasteiger partial charge on any atom is -0.329 e. The maximum atomic E-state index is 5.02. The van der Waals surface area contributed by atoms with E-state index in [2.05, 4.69) is 74.4 Å². The monoisotopic (exact) mass is 651 g/mol. The van der Waals surface area contributed by atoms with Crippen molar-refractivity contribution in [2.45, 2.75) is 163 Å². The lowest BCUT2D eigenvalue weighted by atomic mass is 9.95. The number of benzene rings is 2. The number of aromatic nitrogens is 3. The van der Waals surface area contributed by atoms with E-state index in [4.69, 9.17) is 19.9 Å². The number of unbranched alkanes of at least 4 members (excludes halogenated alkanes) is 9. The summed E-state index contributed by atoms with van der Waals surface area (Å²) in [6.07, 6.45) is 21.3. The van der Waals surface area contributed by atoms with Gasteiger partial charge >= 0.3 is 0 Å². The highest BCUT2D eigenvalue weighted by atomic mass is 15.2. The minimum atomic E-state index is -0.0304. The molecule has 48 heavy (non-hydrogen) atoms. The maximum Gasteiger partial charge on any atom is 0.163 e. The average Bonchev–Trinajstić information content (AvgIpc) is 3.06. The standard InChI is InChI=1S/C42H62N6/c1-7-10-15-20-34-26-28-39(37(29-34)23-17-12-9-3)42-47-33(6)44-40(48-42)24-19-14-13-18-21-35-25-27-38(36(30-35)22-16-11-8-2)41-45-31(4)43-32(5)46-41/h25-31H,7-24H2,1-6H3,(H,43,45,46).